The number of amides is 1. The number of benzene rings is 1. The fraction of sp³-hybridized carbons (Fsp3) is 0.588. The van der Waals surface area contributed by atoms with Crippen LogP contribution in [0.25, 0.3) is 0 Å². The number of carbonyl (C=O) groups is 1. The number of nitrogens with zero attached hydrogens (tertiary/aromatic N) is 1. The fourth-order valence-electron chi connectivity index (χ4n) is 3.61. The molecule has 0 bridgehead atoms. The Kier molecular flexibility index (Phi) is 5.08. The maximum Gasteiger partial charge on any atom is 0.226 e. The van der Waals surface area contributed by atoms with Gasteiger partial charge in [-0.25, -0.2) is 5.43 Å². The summed E-state index contributed by atoms with van der Waals surface area (Å²) in [5.74, 6) is 0.0909. The van der Waals surface area contributed by atoms with Crippen LogP contribution in [0.1, 0.15) is 31.4 Å². The zero-order chi connectivity index (χ0) is 15.4. The highest BCUT2D eigenvalue weighted by molar-refractivity contribution is 5.80. The standard InChI is InChI=1S/C17H26N4O/c1-2-21-10-6-9-14(21)11-18-17(22)15-12-19-20-16(15)13-7-4-3-5-8-13/h3-5,7-8,14-16,19-20H,2,6,9-12H2,1H3,(H,18,22). The van der Waals surface area contributed by atoms with Gasteiger partial charge in [0.1, 0.15) is 0 Å². The second-order valence-electron chi connectivity index (χ2n) is 6.19. The molecular formula is C17H26N4O. The third-order valence-corrected chi connectivity index (χ3v) is 4.89. The SMILES string of the molecule is CCN1CCCC1CNC(=O)C1CNNC1c1ccccc1. The van der Waals surface area contributed by atoms with Gasteiger partial charge in [-0.15, -0.1) is 0 Å². The summed E-state index contributed by atoms with van der Waals surface area (Å²) in [5, 5.41) is 3.17. The lowest BCUT2D eigenvalue weighted by atomic mass is 9.94. The molecule has 5 heteroatoms. The van der Waals surface area contributed by atoms with Gasteiger partial charge in [-0.3, -0.25) is 15.1 Å². The molecule has 2 aliphatic rings. The fourth-order valence-corrected chi connectivity index (χ4v) is 3.61. The molecule has 0 spiro atoms. The van der Waals surface area contributed by atoms with Crippen molar-refractivity contribution in [3.8, 4) is 0 Å². The van der Waals surface area contributed by atoms with Crippen LogP contribution < -0.4 is 16.2 Å². The van der Waals surface area contributed by atoms with E-state index in [0.717, 1.165) is 25.2 Å². The van der Waals surface area contributed by atoms with Gasteiger partial charge in [0, 0.05) is 19.1 Å². The number of likely N-dealkylation sites (N-methyl/N-ethyl adjacent to an activating group) is 1. The van der Waals surface area contributed by atoms with Crippen LogP contribution in [0.4, 0.5) is 0 Å². The molecule has 2 aliphatic heterocycles. The van der Waals surface area contributed by atoms with Crippen LogP contribution in [0, 0.1) is 5.92 Å². The first-order chi connectivity index (χ1) is 10.8. The van der Waals surface area contributed by atoms with Crippen LogP contribution in [0.3, 0.4) is 0 Å². The Morgan fingerprint density at radius 3 is 2.95 bits per heavy atom. The highest BCUT2D eigenvalue weighted by atomic mass is 16.2. The van der Waals surface area contributed by atoms with Gasteiger partial charge < -0.3 is 5.32 Å². The van der Waals surface area contributed by atoms with E-state index in [4.69, 9.17) is 0 Å². The highest BCUT2D eigenvalue weighted by Gasteiger charge is 2.34. The molecule has 3 rings (SSSR count). The Hall–Kier alpha value is -1.43. The summed E-state index contributed by atoms with van der Waals surface area (Å²) < 4.78 is 0. The Bertz CT molecular complexity index is 493. The summed E-state index contributed by atoms with van der Waals surface area (Å²) >= 11 is 0. The summed E-state index contributed by atoms with van der Waals surface area (Å²) in [4.78, 5) is 15.0. The molecule has 3 N–H and O–H groups in total. The average Bonchev–Trinajstić information content (AvgIpc) is 3.22. The van der Waals surface area contributed by atoms with Gasteiger partial charge in [0.15, 0.2) is 0 Å². The predicted molar refractivity (Wildman–Crippen MR) is 87.1 cm³/mol. The molecule has 0 radical (unpaired) electrons. The van der Waals surface area contributed by atoms with Gasteiger partial charge in [-0.2, -0.15) is 0 Å². The Morgan fingerprint density at radius 1 is 1.36 bits per heavy atom. The van der Waals surface area contributed by atoms with Crippen LogP contribution in [0.5, 0.6) is 0 Å². The van der Waals surface area contributed by atoms with Crippen molar-refractivity contribution < 1.29 is 4.79 Å². The van der Waals surface area contributed by atoms with Crippen molar-refractivity contribution in [1.82, 2.24) is 21.1 Å². The zero-order valence-corrected chi connectivity index (χ0v) is 13.2. The molecule has 0 aliphatic carbocycles. The lowest BCUT2D eigenvalue weighted by Gasteiger charge is -2.24. The van der Waals surface area contributed by atoms with E-state index < -0.39 is 0 Å². The van der Waals surface area contributed by atoms with Crippen molar-refractivity contribution in [1.29, 1.82) is 0 Å². The summed E-state index contributed by atoms with van der Waals surface area (Å²) in [7, 11) is 0. The van der Waals surface area contributed by atoms with Gasteiger partial charge in [0.25, 0.3) is 0 Å². The van der Waals surface area contributed by atoms with E-state index in [2.05, 4.69) is 40.1 Å². The molecule has 2 fully saturated rings. The van der Waals surface area contributed by atoms with E-state index in [1.165, 1.54) is 12.8 Å². The predicted octanol–water partition coefficient (Wildman–Crippen LogP) is 1.05. The second kappa shape index (κ2) is 7.22. The van der Waals surface area contributed by atoms with Gasteiger partial charge in [-0.05, 0) is 31.5 Å². The van der Waals surface area contributed by atoms with Gasteiger partial charge in [-0.1, -0.05) is 37.3 Å². The number of hydrogen-bond acceptors (Lipinski definition) is 4. The molecule has 3 atom stereocenters. The average molecular weight is 302 g/mol. The number of hydrogen-bond donors (Lipinski definition) is 3. The highest BCUT2D eigenvalue weighted by Crippen LogP contribution is 2.25. The molecule has 5 nitrogen and oxygen atoms in total. The Labute approximate surface area is 132 Å². The summed E-state index contributed by atoms with van der Waals surface area (Å²) in [6, 6.07) is 10.7. The first kappa shape index (κ1) is 15.5. The molecule has 1 aromatic carbocycles. The molecule has 3 unspecified atom stereocenters. The monoisotopic (exact) mass is 302 g/mol. The van der Waals surface area contributed by atoms with E-state index in [9.17, 15) is 4.79 Å². The Balaban J connectivity index is 1.57. The Morgan fingerprint density at radius 2 is 2.18 bits per heavy atom. The van der Waals surface area contributed by atoms with Gasteiger partial charge >= 0.3 is 0 Å². The van der Waals surface area contributed by atoms with E-state index >= 15 is 0 Å². The summed E-state index contributed by atoms with van der Waals surface area (Å²) in [6.07, 6.45) is 2.44. The molecular weight excluding hydrogens is 276 g/mol. The lowest BCUT2D eigenvalue weighted by molar-refractivity contribution is -0.125. The number of nitrogens with one attached hydrogen (secondary N) is 3. The van der Waals surface area contributed by atoms with Gasteiger partial charge in [0.2, 0.25) is 5.91 Å². The van der Waals surface area contributed by atoms with Crippen molar-refractivity contribution >= 4 is 5.91 Å². The lowest BCUT2D eigenvalue weighted by Crippen LogP contribution is -2.43. The molecule has 2 heterocycles. The minimum Gasteiger partial charge on any atom is -0.354 e. The van der Waals surface area contributed by atoms with Crippen LogP contribution in [-0.4, -0.2) is 43.0 Å². The van der Waals surface area contributed by atoms with E-state index in [0.29, 0.717) is 12.6 Å². The summed E-state index contributed by atoms with van der Waals surface area (Å²) in [5.41, 5.74) is 7.52. The van der Waals surface area contributed by atoms with Crippen molar-refractivity contribution in [3.63, 3.8) is 0 Å². The molecule has 2 saturated heterocycles. The third kappa shape index (κ3) is 3.32. The molecule has 0 aromatic heterocycles. The second-order valence-corrected chi connectivity index (χ2v) is 6.19. The topological polar surface area (TPSA) is 56.4 Å². The zero-order valence-electron chi connectivity index (χ0n) is 13.2. The quantitative estimate of drug-likeness (QED) is 0.761. The minimum atomic E-state index is -0.0566. The molecule has 0 saturated carbocycles. The smallest absolute Gasteiger partial charge is 0.226 e. The maximum absolute atomic E-state index is 12.6. The van der Waals surface area contributed by atoms with Gasteiger partial charge in [0.05, 0.1) is 12.0 Å². The van der Waals surface area contributed by atoms with Crippen LogP contribution in [-0.2, 0) is 4.79 Å². The van der Waals surface area contributed by atoms with E-state index in [-0.39, 0.29) is 17.9 Å². The molecule has 120 valence electrons. The van der Waals surface area contributed by atoms with Crippen molar-refractivity contribution in [2.24, 2.45) is 5.92 Å². The van der Waals surface area contributed by atoms with Crippen LogP contribution >= 0.6 is 0 Å². The number of carbonyl (C=O) groups excluding carboxylic acids is 1. The van der Waals surface area contributed by atoms with Crippen molar-refractivity contribution in [2.45, 2.75) is 31.8 Å². The molecule has 1 aromatic rings. The molecule has 22 heavy (non-hydrogen) atoms. The minimum absolute atomic E-state index is 0.0482. The number of rotatable bonds is 5. The first-order valence-electron chi connectivity index (χ1n) is 8.34. The van der Waals surface area contributed by atoms with E-state index in [1.54, 1.807) is 0 Å². The molecule has 1 amide bonds. The first-order valence-corrected chi connectivity index (χ1v) is 8.34. The van der Waals surface area contributed by atoms with E-state index in [1.807, 2.05) is 18.2 Å². The number of hydrazine groups is 1. The van der Waals surface area contributed by atoms with Crippen molar-refractivity contribution in [3.05, 3.63) is 35.9 Å². The maximum atomic E-state index is 12.6. The third-order valence-electron chi connectivity index (χ3n) is 4.89. The normalized spacial score (nSPS) is 28.9. The largest absolute Gasteiger partial charge is 0.354 e. The number of likely N-dealkylation sites (tertiary alicyclic amines) is 1. The van der Waals surface area contributed by atoms with Crippen molar-refractivity contribution in [2.75, 3.05) is 26.2 Å². The summed E-state index contributed by atoms with van der Waals surface area (Å²) in [6.45, 7) is 5.87. The van der Waals surface area contributed by atoms with Crippen LogP contribution in [0.2, 0.25) is 0 Å². The van der Waals surface area contributed by atoms with Crippen LogP contribution in [0.15, 0.2) is 30.3 Å².